The van der Waals surface area contributed by atoms with Crippen LogP contribution >= 0.6 is 0 Å². The number of benzene rings is 1. The van der Waals surface area contributed by atoms with E-state index in [1.54, 1.807) is 0 Å². The highest BCUT2D eigenvalue weighted by Crippen LogP contribution is 2.49. The van der Waals surface area contributed by atoms with Crippen molar-refractivity contribution in [2.45, 2.75) is 19.3 Å². The SMILES string of the molecule is O=[N+]([O-])c1cnc2ccccc2c1NCC1(CCO)CC1. The van der Waals surface area contributed by atoms with Crippen LogP contribution in [0, 0.1) is 15.5 Å². The Morgan fingerprint density at radius 3 is 2.81 bits per heavy atom. The molecular formula is C15H17N3O3. The number of para-hydroxylation sites is 1. The Kier molecular flexibility index (Phi) is 3.47. The van der Waals surface area contributed by atoms with Gasteiger partial charge in [-0.15, -0.1) is 0 Å². The number of hydrogen-bond acceptors (Lipinski definition) is 5. The van der Waals surface area contributed by atoms with Gasteiger partial charge in [0.2, 0.25) is 0 Å². The maximum absolute atomic E-state index is 11.2. The third-order valence-electron chi connectivity index (χ3n) is 4.19. The van der Waals surface area contributed by atoms with E-state index in [1.165, 1.54) is 6.20 Å². The van der Waals surface area contributed by atoms with Crippen LogP contribution in [0.1, 0.15) is 19.3 Å². The number of nitro groups is 1. The van der Waals surface area contributed by atoms with E-state index < -0.39 is 4.92 Å². The highest BCUT2D eigenvalue weighted by atomic mass is 16.6. The van der Waals surface area contributed by atoms with Gasteiger partial charge in [0, 0.05) is 18.5 Å². The Bertz CT molecular complexity index is 683. The second-order valence-electron chi connectivity index (χ2n) is 5.62. The van der Waals surface area contributed by atoms with Gasteiger partial charge >= 0.3 is 5.69 Å². The lowest BCUT2D eigenvalue weighted by Crippen LogP contribution is -2.17. The number of hydrogen-bond donors (Lipinski definition) is 2. The molecule has 2 N–H and O–H groups in total. The molecule has 110 valence electrons. The summed E-state index contributed by atoms with van der Waals surface area (Å²) in [7, 11) is 0. The number of aliphatic hydroxyl groups excluding tert-OH is 1. The molecule has 1 heterocycles. The Morgan fingerprint density at radius 2 is 2.14 bits per heavy atom. The van der Waals surface area contributed by atoms with Crippen molar-refractivity contribution in [3.8, 4) is 0 Å². The molecule has 2 aromatic rings. The number of pyridine rings is 1. The van der Waals surface area contributed by atoms with Crippen LogP contribution in [-0.2, 0) is 0 Å². The van der Waals surface area contributed by atoms with Crippen LogP contribution in [-0.4, -0.2) is 28.2 Å². The maximum atomic E-state index is 11.2. The van der Waals surface area contributed by atoms with E-state index in [1.807, 2.05) is 24.3 Å². The molecule has 1 aliphatic rings. The quantitative estimate of drug-likeness (QED) is 0.630. The van der Waals surface area contributed by atoms with Gasteiger partial charge in [-0.1, -0.05) is 18.2 Å². The Labute approximate surface area is 122 Å². The zero-order valence-corrected chi connectivity index (χ0v) is 11.6. The Morgan fingerprint density at radius 1 is 1.38 bits per heavy atom. The van der Waals surface area contributed by atoms with Gasteiger partial charge < -0.3 is 10.4 Å². The molecule has 6 heteroatoms. The van der Waals surface area contributed by atoms with Crippen molar-refractivity contribution >= 4 is 22.3 Å². The molecule has 6 nitrogen and oxygen atoms in total. The smallest absolute Gasteiger partial charge is 0.311 e. The number of aromatic nitrogens is 1. The van der Waals surface area contributed by atoms with Crippen LogP contribution in [0.3, 0.4) is 0 Å². The first-order chi connectivity index (χ1) is 10.2. The molecule has 0 saturated heterocycles. The van der Waals surface area contributed by atoms with E-state index in [-0.39, 0.29) is 17.7 Å². The number of nitrogens with one attached hydrogen (secondary N) is 1. The lowest BCUT2D eigenvalue weighted by Gasteiger charge is -2.16. The predicted molar refractivity (Wildman–Crippen MR) is 80.3 cm³/mol. The Hall–Kier alpha value is -2.21. The van der Waals surface area contributed by atoms with E-state index in [0.29, 0.717) is 12.2 Å². The molecule has 0 spiro atoms. The van der Waals surface area contributed by atoms with E-state index in [2.05, 4.69) is 10.3 Å². The van der Waals surface area contributed by atoms with Gasteiger partial charge in [-0.25, -0.2) is 4.98 Å². The van der Waals surface area contributed by atoms with Crippen LogP contribution in [0.4, 0.5) is 11.4 Å². The standard InChI is InChI=1S/C15H17N3O3/c19-8-7-15(5-6-15)10-17-14-11-3-1-2-4-12(11)16-9-13(14)18(20)21/h1-4,9,19H,5-8,10H2,(H,16,17). The minimum absolute atomic E-state index is 0.00602. The number of rotatable bonds is 6. The molecule has 1 aromatic heterocycles. The van der Waals surface area contributed by atoms with Crippen LogP contribution in [0.15, 0.2) is 30.5 Å². The van der Waals surface area contributed by atoms with Crippen LogP contribution < -0.4 is 5.32 Å². The highest BCUT2D eigenvalue weighted by molar-refractivity contribution is 5.95. The van der Waals surface area contributed by atoms with Crippen molar-refractivity contribution in [2.24, 2.45) is 5.41 Å². The fraction of sp³-hybridized carbons (Fsp3) is 0.400. The summed E-state index contributed by atoms with van der Waals surface area (Å²) in [6, 6.07) is 7.38. The average molecular weight is 287 g/mol. The highest BCUT2D eigenvalue weighted by Gasteiger charge is 2.42. The van der Waals surface area contributed by atoms with E-state index in [4.69, 9.17) is 5.11 Å². The minimum Gasteiger partial charge on any atom is -0.396 e. The first-order valence-corrected chi connectivity index (χ1v) is 7.02. The van der Waals surface area contributed by atoms with Crippen LogP contribution in [0.2, 0.25) is 0 Å². The van der Waals surface area contributed by atoms with Crippen molar-refractivity contribution in [3.63, 3.8) is 0 Å². The maximum Gasteiger partial charge on any atom is 0.311 e. The molecule has 0 atom stereocenters. The molecule has 0 amide bonds. The lowest BCUT2D eigenvalue weighted by molar-refractivity contribution is -0.384. The summed E-state index contributed by atoms with van der Waals surface area (Å²) in [5.74, 6) is 0. The topological polar surface area (TPSA) is 88.3 Å². The van der Waals surface area contributed by atoms with Gasteiger partial charge in [0.05, 0.1) is 10.4 Å². The summed E-state index contributed by atoms with van der Waals surface area (Å²) in [6.45, 7) is 0.795. The van der Waals surface area contributed by atoms with Crippen molar-refractivity contribution < 1.29 is 10.0 Å². The van der Waals surface area contributed by atoms with Crippen LogP contribution in [0.25, 0.3) is 10.9 Å². The third-order valence-corrected chi connectivity index (χ3v) is 4.19. The second kappa shape index (κ2) is 5.29. The van der Waals surface area contributed by atoms with Gasteiger partial charge in [0.25, 0.3) is 0 Å². The van der Waals surface area contributed by atoms with Gasteiger partial charge in [-0.2, -0.15) is 0 Å². The largest absolute Gasteiger partial charge is 0.396 e. The number of fused-ring (bicyclic) bond motifs is 1. The molecule has 1 saturated carbocycles. The zero-order valence-electron chi connectivity index (χ0n) is 11.6. The zero-order chi connectivity index (χ0) is 14.9. The molecule has 3 rings (SSSR count). The van der Waals surface area contributed by atoms with E-state index >= 15 is 0 Å². The summed E-state index contributed by atoms with van der Waals surface area (Å²) in [6.07, 6.45) is 4.14. The first kappa shape index (κ1) is 13.8. The van der Waals surface area contributed by atoms with Crippen LogP contribution in [0.5, 0.6) is 0 Å². The fourth-order valence-corrected chi connectivity index (χ4v) is 2.66. The van der Waals surface area contributed by atoms with E-state index in [0.717, 1.165) is 30.2 Å². The number of aliphatic hydroxyl groups is 1. The van der Waals surface area contributed by atoms with Gasteiger partial charge in [0.15, 0.2) is 0 Å². The second-order valence-corrected chi connectivity index (χ2v) is 5.62. The third kappa shape index (κ3) is 2.67. The fourth-order valence-electron chi connectivity index (χ4n) is 2.66. The molecule has 0 bridgehead atoms. The summed E-state index contributed by atoms with van der Waals surface area (Å²) in [5, 5.41) is 24.3. The van der Waals surface area contributed by atoms with Crippen molar-refractivity contribution in [2.75, 3.05) is 18.5 Å². The predicted octanol–water partition coefficient (Wildman–Crippen LogP) is 2.72. The molecular weight excluding hydrogens is 270 g/mol. The van der Waals surface area contributed by atoms with Crippen molar-refractivity contribution in [1.82, 2.24) is 4.98 Å². The van der Waals surface area contributed by atoms with E-state index in [9.17, 15) is 10.1 Å². The molecule has 1 fully saturated rings. The average Bonchev–Trinajstić information content (AvgIpc) is 3.25. The molecule has 1 aromatic carbocycles. The lowest BCUT2D eigenvalue weighted by atomic mass is 10.0. The molecule has 21 heavy (non-hydrogen) atoms. The monoisotopic (exact) mass is 287 g/mol. The molecule has 0 aliphatic heterocycles. The van der Waals surface area contributed by atoms with Gasteiger partial charge in [0.1, 0.15) is 11.9 Å². The molecule has 0 unspecified atom stereocenters. The summed E-state index contributed by atoms with van der Waals surface area (Å²) >= 11 is 0. The normalized spacial score (nSPS) is 15.9. The summed E-state index contributed by atoms with van der Waals surface area (Å²) in [4.78, 5) is 14.9. The number of anilines is 1. The Balaban J connectivity index is 1.95. The van der Waals surface area contributed by atoms with Gasteiger partial charge in [-0.05, 0) is 30.7 Å². The summed E-state index contributed by atoms with van der Waals surface area (Å²) < 4.78 is 0. The molecule has 1 aliphatic carbocycles. The first-order valence-electron chi connectivity index (χ1n) is 7.02. The van der Waals surface area contributed by atoms with Crippen molar-refractivity contribution in [3.05, 3.63) is 40.6 Å². The number of nitrogens with zero attached hydrogens (tertiary/aromatic N) is 2. The summed E-state index contributed by atoms with van der Waals surface area (Å²) in [5.41, 5.74) is 1.34. The minimum atomic E-state index is -0.409. The van der Waals surface area contributed by atoms with Gasteiger partial charge in [-0.3, -0.25) is 10.1 Å². The van der Waals surface area contributed by atoms with Crippen molar-refractivity contribution in [1.29, 1.82) is 0 Å². The molecule has 0 radical (unpaired) electrons.